The van der Waals surface area contributed by atoms with Crippen LogP contribution in [0, 0.1) is 0 Å². The molecule has 0 aromatic carbocycles. The summed E-state index contributed by atoms with van der Waals surface area (Å²) in [5, 5.41) is 8.61. The molecule has 0 rings (SSSR count). The van der Waals surface area contributed by atoms with Crippen molar-refractivity contribution in [2.24, 2.45) is 0 Å². The van der Waals surface area contributed by atoms with E-state index in [1.54, 1.807) is 0 Å². The fraction of sp³-hybridized carbons (Fsp3) is 0.895. The molecule has 1 N–H and O–H groups in total. The number of ether oxygens (including phenoxy) is 1. The monoisotopic (exact) mass is 328 g/mol. The fourth-order valence-electron chi connectivity index (χ4n) is 2.63. The molecule has 23 heavy (non-hydrogen) atoms. The van der Waals surface area contributed by atoms with E-state index in [0.717, 1.165) is 57.8 Å². The number of carboxylic acid groups (broad SMARTS) is 1. The van der Waals surface area contributed by atoms with E-state index in [0.29, 0.717) is 6.42 Å². The zero-order chi connectivity index (χ0) is 17.3. The molecule has 0 bridgehead atoms. The number of esters is 1. The summed E-state index contributed by atoms with van der Waals surface area (Å²) in [7, 11) is 0. The van der Waals surface area contributed by atoms with E-state index < -0.39 is 5.97 Å². The van der Waals surface area contributed by atoms with Crippen molar-refractivity contribution in [1.29, 1.82) is 0 Å². The summed E-state index contributed by atoms with van der Waals surface area (Å²) in [5.41, 5.74) is 0. The maximum Gasteiger partial charge on any atom is 0.306 e. The van der Waals surface area contributed by atoms with E-state index >= 15 is 0 Å². The van der Waals surface area contributed by atoms with Crippen molar-refractivity contribution in [3.05, 3.63) is 0 Å². The number of unbranched alkanes of at least 4 members (excludes halogenated alkanes) is 7. The van der Waals surface area contributed by atoms with Gasteiger partial charge in [-0.15, -0.1) is 0 Å². The first kappa shape index (κ1) is 21.9. The van der Waals surface area contributed by atoms with E-state index in [9.17, 15) is 9.59 Å². The van der Waals surface area contributed by atoms with Crippen LogP contribution in [0.1, 0.15) is 104 Å². The zero-order valence-corrected chi connectivity index (χ0v) is 15.1. The van der Waals surface area contributed by atoms with Crippen LogP contribution in [-0.4, -0.2) is 23.1 Å². The molecule has 0 fully saturated rings. The minimum Gasteiger partial charge on any atom is -0.481 e. The average molecular weight is 328 g/mol. The number of carbonyl (C=O) groups is 2. The van der Waals surface area contributed by atoms with E-state index in [4.69, 9.17) is 9.84 Å². The highest BCUT2D eigenvalue weighted by atomic mass is 16.5. The number of carboxylic acids is 1. The van der Waals surface area contributed by atoms with Gasteiger partial charge in [-0.1, -0.05) is 52.4 Å². The van der Waals surface area contributed by atoms with Gasteiger partial charge in [-0.05, 0) is 38.5 Å². The average Bonchev–Trinajstić information content (AvgIpc) is 2.52. The Morgan fingerprint density at radius 3 is 1.91 bits per heavy atom. The molecule has 136 valence electrons. The summed E-state index contributed by atoms with van der Waals surface area (Å²) in [6, 6.07) is 0. The maximum absolute atomic E-state index is 11.8. The lowest BCUT2D eigenvalue weighted by Gasteiger charge is -2.18. The molecule has 4 heteroatoms. The SMILES string of the molecule is CCCCCCC(CCCCCCC(=O)O)OC(=O)CCCC. The van der Waals surface area contributed by atoms with Crippen molar-refractivity contribution in [2.75, 3.05) is 0 Å². The Labute approximate surface area is 142 Å². The molecule has 0 aromatic rings. The van der Waals surface area contributed by atoms with Crippen LogP contribution in [0.5, 0.6) is 0 Å². The lowest BCUT2D eigenvalue weighted by Crippen LogP contribution is -2.18. The third-order valence-electron chi connectivity index (χ3n) is 4.08. The van der Waals surface area contributed by atoms with Gasteiger partial charge < -0.3 is 9.84 Å². The van der Waals surface area contributed by atoms with Gasteiger partial charge in [0.15, 0.2) is 0 Å². The predicted molar refractivity (Wildman–Crippen MR) is 93.5 cm³/mol. The largest absolute Gasteiger partial charge is 0.481 e. The summed E-state index contributed by atoms with van der Waals surface area (Å²) in [4.78, 5) is 22.3. The molecule has 1 unspecified atom stereocenters. The number of aliphatic carboxylic acids is 1. The first-order valence-electron chi connectivity index (χ1n) is 9.51. The van der Waals surface area contributed by atoms with Crippen LogP contribution < -0.4 is 0 Å². The van der Waals surface area contributed by atoms with Gasteiger partial charge in [0.1, 0.15) is 6.10 Å². The third-order valence-corrected chi connectivity index (χ3v) is 4.08. The zero-order valence-electron chi connectivity index (χ0n) is 15.1. The Hall–Kier alpha value is -1.06. The summed E-state index contributed by atoms with van der Waals surface area (Å²) in [6.45, 7) is 4.27. The Morgan fingerprint density at radius 2 is 1.35 bits per heavy atom. The van der Waals surface area contributed by atoms with Crippen molar-refractivity contribution in [3.63, 3.8) is 0 Å². The van der Waals surface area contributed by atoms with Crippen molar-refractivity contribution < 1.29 is 19.4 Å². The third kappa shape index (κ3) is 15.6. The quantitative estimate of drug-likeness (QED) is 0.301. The Morgan fingerprint density at radius 1 is 0.783 bits per heavy atom. The van der Waals surface area contributed by atoms with Crippen LogP contribution in [0.25, 0.3) is 0 Å². The number of hydrogen-bond donors (Lipinski definition) is 1. The molecule has 0 spiro atoms. The van der Waals surface area contributed by atoms with Crippen LogP contribution in [0.2, 0.25) is 0 Å². The molecule has 0 saturated heterocycles. The molecule has 0 saturated carbocycles. The molecule has 0 amide bonds. The standard InChI is InChI=1S/C19H36O4/c1-3-5-7-10-13-17(23-19(22)16-6-4-2)14-11-8-9-12-15-18(20)21/h17H,3-16H2,1-2H3,(H,20,21). The highest BCUT2D eigenvalue weighted by molar-refractivity contribution is 5.69. The second kappa shape index (κ2) is 15.8. The maximum atomic E-state index is 11.8. The van der Waals surface area contributed by atoms with Gasteiger partial charge >= 0.3 is 11.9 Å². The number of carbonyl (C=O) groups excluding carboxylic acids is 1. The van der Waals surface area contributed by atoms with Crippen molar-refractivity contribution in [1.82, 2.24) is 0 Å². The van der Waals surface area contributed by atoms with Crippen LogP contribution >= 0.6 is 0 Å². The van der Waals surface area contributed by atoms with Crippen LogP contribution in [0.3, 0.4) is 0 Å². The van der Waals surface area contributed by atoms with Crippen molar-refractivity contribution >= 4 is 11.9 Å². The Kier molecular flexibility index (Phi) is 15.1. The Balaban J connectivity index is 3.95. The van der Waals surface area contributed by atoms with Gasteiger partial charge in [0.2, 0.25) is 0 Å². The molecule has 0 aliphatic rings. The van der Waals surface area contributed by atoms with Gasteiger partial charge in [-0.3, -0.25) is 9.59 Å². The van der Waals surface area contributed by atoms with E-state index in [-0.39, 0.29) is 18.5 Å². The van der Waals surface area contributed by atoms with Gasteiger partial charge in [0.05, 0.1) is 0 Å². The number of rotatable bonds is 16. The normalized spacial score (nSPS) is 12.1. The minimum absolute atomic E-state index is 0.0516. The molecule has 0 aliphatic heterocycles. The number of hydrogen-bond acceptors (Lipinski definition) is 3. The first-order valence-corrected chi connectivity index (χ1v) is 9.51. The van der Waals surface area contributed by atoms with E-state index in [1.165, 1.54) is 19.3 Å². The van der Waals surface area contributed by atoms with Crippen molar-refractivity contribution in [2.45, 2.75) is 110 Å². The predicted octanol–water partition coefficient (Wildman–Crippen LogP) is 5.48. The summed E-state index contributed by atoms with van der Waals surface area (Å²) in [6.07, 6.45) is 13.1. The molecular formula is C19H36O4. The fourth-order valence-corrected chi connectivity index (χ4v) is 2.63. The topological polar surface area (TPSA) is 63.6 Å². The van der Waals surface area contributed by atoms with E-state index in [1.807, 2.05) is 0 Å². The molecular weight excluding hydrogens is 292 g/mol. The summed E-state index contributed by atoms with van der Waals surface area (Å²) < 4.78 is 5.64. The lowest BCUT2D eigenvalue weighted by molar-refractivity contribution is -0.150. The smallest absolute Gasteiger partial charge is 0.306 e. The second-order valence-corrected chi connectivity index (χ2v) is 6.41. The first-order chi connectivity index (χ1) is 11.1. The van der Waals surface area contributed by atoms with Crippen LogP contribution in [0.15, 0.2) is 0 Å². The Bertz CT molecular complexity index is 302. The summed E-state index contributed by atoms with van der Waals surface area (Å²) in [5.74, 6) is -0.776. The van der Waals surface area contributed by atoms with Gasteiger partial charge in [-0.25, -0.2) is 0 Å². The van der Waals surface area contributed by atoms with Crippen LogP contribution in [-0.2, 0) is 14.3 Å². The lowest BCUT2D eigenvalue weighted by atomic mass is 10.0. The molecule has 4 nitrogen and oxygen atoms in total. The molecule has 0 aliphatic carbocycles. The summed E-state index contributed by atoms with van der Waals surface area (Å²) >= 11 is 0. The van der Waals surface area contributed by atoms with Crippen LogP contribution in [0.4, 0.5) is 0 Å². The highest BCUT2D eigenvalue weighted by Crippen LogP contribution is 2.17. The molecule has 0 heterocycles. The van der Waals surface area contributed by atoms with Gasteiger partial charge in [0, 0.05) is 12.8 Å². The molecule has 0 aromatic heterocycles. The second-order valence-electron chi connectivity index (χ2n) is 6.41. The molecule has 1 atom stereocenters. The molecule has 0 radical (unpaired) electrons. The van der Waals surface area contributed by atoms with Crippen molar-refractivity contribution in [3.8, 4) is 0 Å². The minimum atomic E-state index is -0.719. The van der Waals surface area contributed by atoms with E-state index in [2.05, 4.69) is 13.8 Å². The van der Waals surface area contributed by atoms with Gasteiger partial charge in [-0.2, -0.15) is 0 Å². The van der Waals surface area contributed by atoms with Gasteiger partial charge in [0.25, 0.3) is 0 Å². The highest BCUT2D eigenvalue weighted by Gasteiger charge is 2.13.